The van der Waals surface area contributed by atoms with E-state index in [1.54, 1.807) is 36.4 Å². The van der Waals surface area contributed by atoms with Crippen LogP contribution in [0.5, 0.6) is 11.5 Å². The summed E-state index contributed by atoms with van der Waals surface area (Å²) in [4.78, 5) is 24.9. The maximum atomic E-state index is 12.7. The van der Waals surface area contributed by atoms with Gasteiger partial charge in [-0.25, -0.2) is 5.43 Å². The fourth-order valence-corrected chi connectivity index (χ4v) is 3.60. The Hall–Kier alpha value is -3.34. The number of halogens is 1. The molecule has 3 rings (SSSR count). The molecule has 1 heterocycles. The number of hydrazone groups is 1. The number of furan rings is 1. The average Bonchev–Trinajstić information content (AvgIpc) is 3.32. The number of hydrogen-bond donors (Lipinski definition) is 2. The number of nitrogens with one attached hydrogen (secondary N) is 2. The van der Waals surface area contributed by atoms with E-state index in [4.69, 9.17) is 13.9 Å². The van der Waals surface area contributed by atoms with Crippen LogP contribution in [0, 0.1) is 3.57 Å². The number of amides is 2. The lowest BCUT2D eigenvalue weighted by Crippen LogP contribution is -2.21. The Morgan fingerprint density at radius 3 is 2.56 bits per heavy atom. The van der Waals surface area contributed by atoms with Gasteiger partial charge in [0.1, 0.15) is 0 Å². The predicted octanol–water partition coefficient (Wildman–Crippen LogP) is 4.70. The number of anilines is 1. The predicted molar refractivity (Wildman–Crippen MR) is 130 cm³/mol. The molecule has 8 nitrogen and oxygen atoms in total. The lowest BCUT2D eigenvalue weighted by atomic mass is 10.1. The summed E-state index contributed by atoms with van der Waals surface area (Å²) in [5.41, 5.74) is 3.83. The van der Waals surface area contributed by atoms with E-state index < -0.39 is 11.8 Å². The molecule has 0 aliphatic rings. The molecule has 0 spiro atoms. The zero-order valence-corrected chi connectivity index (χ0v) is 19.7. The first-order valence-electron chi connectivity index (χ1n) is 9.89. The number of nitrogens with zero attached hydrogens (tertiary/aromatic N) is 1. The number of ether oxygens (including phenoxy) is 2. The summed E-state index contributed by atoms with van der Waals surface area (Å²) < 4.78 is 17.3. The quantitative estimate of drug-likeness (QED) is 0.230. The van der Waals surface area contributed by atoms with Gasteiger partial charge in [-0.1, -0.05) is 12.1 Å². The molecule has 0 aliphatic heterocycles. The Morgan fingerprint density at radius 2 is 1.84 bits per heavy atom. The minimum atomic E-state index is -0.470. The van der Waals surface area contributed by atoms with Crippen LogP contribution in [0.1, 0.15) is 40.3 Å². The fraction of sp³-hybridized carbons (Fsp3) is 0.174. The SMILES string of the molecule is CCOc1cc(/C=N\NC(=O)c2ccccc2NC(=O)c2ccco2)cc(I)c1OCC. The Bertz CT molecular complexity index is 1110. The summed E-state index contributed by atoms with van der Waals surface area (Å²) in [6, 6.07) is 13.5. The third-order valence-electron chi connectivity index (χ3n) is 4.16. The van der Waals surface area contributed by atoms with Crippen LogP contribution in [0.3, 0.4) is 0 Å². The number of rotatable bonds is 9. The molecule has 3 aromatic rings. The maximum Gasteiger partial charge on any atom is 0.291 e. The topological polar surface area (TPSA) is 102 Å². The van der Waals surface area contributed by atoms with Crippen LogP contribution in [0.25, 0.3) is 0 Å². The monoisotopic (exact) mass is 547 g/mol. The van der Waals surface area contributed by atoms with Crippen molar-refractivity contribution in [2.24, 2.45) is 5.10 Å². The van der Waals surface area contributed by atoms with Gasteiger partial charge in [0.15, 0.2) is 17.3 Å². The van der Waals surface area contributed by atoms with E-state index in [0.29, 0.717) is 30.4 Å². The van der Waals surface area contributed by atoms with Gasteiger partial charge in [0, 0.05) is 0 Å². The van der Waals surface area contributed by atoms with Crippen LogP contribution in [0.2, 0.25) is 0 Å². The van der Waals surface area contributed by atoms with E-state index in [1.807, 2.05) is 19.9 Å². The highest BCUT2D eigenvalue weighted by atomic mass is 127. The van der Waals surface area contributed by atoms with Gasteiger partial charge in [0.25, 0.3) is 11.8 Å². The number of para-hydroxylation sites is 1. The number of carbonyl (C=O) groups excluding carboxylic acids is 2. The van der Waals surface area contributed by atoms with E-state index >= 15 is 0 Å². The number of benzene rings is 2. The summed E-state index contributed by atoms with van der Waals surface area (Å²) in [7, 11) is 0. The van der Waals surface area contributed by atoms with E-state index in [-0.39, 0.29) is 11.3 Å². The van der Waals surface area contributed by atoms with Gasteiger partial charge < -0.3 is 19.2 Å². The second-order valence-corrected chi connectivity index (χ2v) is 7.53. The average molecular weight is 547 g/mol. The van der Waals surface area contributed by atoms with E-state index in [1.165, 1.54) is 18.5 Å². The molecule has 1 aromatic heterocycles. The van der Waals surface area contributed by atoms with Crippen LogP contribution in [-0.4, -0.2) is 31.2 Å². The number of hydrogen-bond acceptors (Lipinski definition) is 6. The zero-order chi connectivity index (χ0) is 22.9. The van der Waals surface area contributed by atoms with Crippen molar-refractivity contribution in [1.82, 2.24) is 5.43 Å². The van der Waals surface area contributed by atoms with E-state index in [2.05, 4.69) is 38.4 Å². The molecule has 0 saturated carbocycles. The highest BCUT2D eigenvalue weighted by Crippen LogP contribution is 2.33. The Kier molecular flexibility index (Phi) is 8.26. The molecule has 0 saturated heterocycles. The second kappa shape index (κ2) is 11.3. The molecule has 0 fully saturated rings. The molecule has 0 unspecified atom stereocenters. The molecule has 166 valence electrons. The summed E-state index contributed by atoms with van der Waals surface area (Å²) >= 11 is 2.17. The van der Waals surface area contributed by atoms with Crippen LogP contribution in [0.4, 0.5) is 5.69 Å². The smallest absolute Gasteiger partial charge is 0.291 e. The van der Waals surface area contributed by atoms with Gasteiger partial charge in [-0.3, -0.25) is 9.59 Å². The normalized spacial score (nSPS) is 10.7. The van der Waals surface area contributed by atoms with Crippen LogP contribution in [0.15, 0.2) is 64.3 Å². The van der Waals surface area contributed by atoms with Crippen molar-refractivity contribution in [2.45, 2.75) is 13.8 Å². The van der Waals surface area contributed by atoms with Crippen molar-refractivity contribution in [3.8, 4) is 11.5 Å². The van der Waals surface area contributed by atoms with E-state index in [9.17, 15) is 9.59 Å². The molecule has 0 bridgehead atoms. The van der Waals surface area contributed by atoms with Gasteiger partial charge in [-0.2, -0.15) is 5.10 Å². The first kappa shape index (κ1) is 23.3. The molecule has 2 aromatic carbocycles. The van der Waals surface area contributed by atoms with Crippen molar-refractivity contribution < 1.29 is 23.5 Å². The molecule has 0 atom stereocenters. The first-order valence-corrected chi connectivity index (χ1v) is 11.0. The minimum Gasteiger partial charge on any atom is -0.490 e. The van der Waals surface area contributed by atoms with Gasteiger partial charge in [-0.15, -0.1) is 0 Å². The first-order chi connectivity index (χ1) is 15.5. The fourth-order valence-electron chi connectivity index (χ4n) is 2.82. The van der Waals surface area contributed by atoms with Crippen LogP contribution < -0.4 is 20.2 Å². The van der Waals surface area contributed by atoms with Gasteiger partial charge in [0.2, 0.25) is 0 Å². The van der Waals surface area contributed by atoms with Crippen molar-refractivity contribution in [1.29, 1.82) is 0 Å². The number of carbonyl (C=O) groups is 2. The van der Waals surface area contributed by atoms with E-state index in [0.717, 1.165) is 9.13 Å². The summed E-state index contributed by atoms with van der Waals surface area (Å²) in [6.45, 7) is 4.82. The minimum absolute atomic E-state index is 0.147. The van der Waals surface area contributed by atoms with Crippen LogP contribution >= 0.6 is 22.6 Å². The molecule has 0 radical (unpaired) electrons. The third kappa shape index (κ3) is 5.88. The largest absolute Gasteiger partial charge is 0.490 e. The molecule has 2 amide bonds. The van der Waals surface area contributed by atoms with Gasteiger partial charge >= 0.3 is 0 Å². The maximum absolute atomic E-state index is 12.7. The molecule has 32 heavy (non-hydrogen) atoms. The molecule has 0 aliphatic carbocycles. The van der Waals surface area contributed by atoms with Crippen molar-refractivity contribution in [2.75, 3.05) is 18.5 Å². The Labute approximate surface area is 199 Å². The van der Waals surface area contributed by atoms with Crippen LogP contribution in [-0.2, 0) is 0 Å². The Morgan fingerprint density at radius 1 is 1.06 bits per heavy atom. The highest BCUT2D eigenvalue weighted by molar-refractivity contribution is 14.1. The summed E-state index contributed by atoms with van der Waals surface area (Å²) in [6.07, 6.45) is 2.92. The van der Waals surface area contributed by atoms with Crippen molar-refractivity contribution in [3.63, 3.8) is 0 Å². The lowest BCUT2D eigenvalue weighted by molar-refractivity contribution is 0.0956. The van der Waals surface area contributed by atoms with Gasteiger partial charge in [0.05, 0.1) is 40.5 Å². The summed E-state index contributed by atoms with van der Waals surface area (Å²) in [5.74, 6) is 0.513. The lowest BCUT2D eigenvalue weighted by Gasteiger charge is -2.13. The second-order valence-electron chi connectivity index (χ2n) is 6.37. The highest BCUT2D eigenvalue weighted by Gasteiger charge is 2.15. The van der Waals surface area contributed by atoms with Gasteiger partial charge in [-0.05, 0) is 78.4 Å². The molecular weight excluding hydrogens is 525 g/mol. The Balaban J connectivity index is 1.73. The summed E-state index contributed by atoms with van der Waals surface area (Å²) in [5, 5.41) is 6.72. The molecule has 9 heteroatoms. The standard InChI is InChI=1S/C23H22IN3O5/c1-3-30-20-13-15(12-17(24)21(20)31-4-2)14-25-27-22(28)16-8-5-6-9-18(16)26-23(29)19-10-7-11-32-19/h5-14H,3-4H2,1-2H3,(H,26,29)(H,27,28)/b25-14-. The third-order valence-corrected chi connectivity index (χ3v) is 4.97. The van der Waals surface area contributed by atoms with Crippen molar-refractivity contribution >= 4 is 46.3 Å². The van der Waals surface area contributed by atoms with Crippen molar-refractivity contribution in [3.05, 3.63) is 75.3 Å². The molecular formula is C23H22IN3O5. The zero-order valence-electron chi connectivity index (χ0n) is 17.6. The molecule has 2 N–H and O–H groups in total.